The maximum Gasteiger partial charge on any atom is 0.293 e. The molecule has 0 atom stereocenters. The first-order valence-electron chi connectivity index (χ1n) is 5.75. The number of ether oxygens (including phenoxy) is 1. The number of aromatic hydroxyl groups is 1. The van der Waals surface area contributed by atoms with Crippen molar-refractivity contribution < 1.29 is 19.4 Å². The van der Waals surface area contributed by atoms with Crippen molar-refractivity contribution in [1.82, 2.24) is 4.90 Å². The molecule has 0 aliphatic carbocycles. The summed E-state index contributed by atoms with van der Waals surface area (Å²) in [5.41, 5.74) is 0.768. The van der Waals surface area contributed by atoms with E-state index in [1.807, 2.05) is 22.6 Å². The zero-order valence-electron chi connectivity index (χ0n) is 10.6. The third-order valence-electron chi connectivity index (χ3n) is 2.66. The second-order valence-corrected chi connectivity index (χ2v) is 6.19. The van der Waals surface area contributed by atoms with E-state index in [1.165, 1.54) is 12.0 Å². The summed E-state index contributed by atoms with van der Waals surface area (Å²) < 4.78 is 5.57. The summed E-state index contributed by atoms with van der Waals surface area (Å²) in [5, 5.41) is 9.18. The maximum atomic E-state index is 12.1. The van der Waals surface area contributed by atoms with Gasteiger partial charge in [0.25, 0.3) is 11.1 Å². The number of phenols is 1. The summed E-state index contributed by atoms with van der Waals surface area (Å²) in [4.78, 5) is 25.4. The van der Waals surface area contributed by atoms with Gasteiger partial charge < -0.3 is 9.84 Å². The third kappa shape index (κ3) is 3.33. The van der Waals surface area contributed by atoms with Crippen LogP contribution < -0.4 is 0 Å². The van der Waals surface area contributed by atoms with Crippen LogP contribution in [0.4, 0.5) is 4.79 Å². The van der Waals surface area contributed by atoms with Gasteiger partial charge in [0, 0.05) is 7.11 Å². The number of carbonyl (C=O) groups is 2. The summed E-state index contributed by atoms with van der Waals surface area (Å²) in [6.07, 6.45) is 1.65. The van der Waals surface area contributed by atoms with E-state index < -0.39 is 0 Å². The van der Waals surface area contributed by atoms with Crippen LogP contribution in [-0.4, -0.2) is 41.4 Å². The molecule has 5 nitrogen and oxygen atoms in total. The number of hydrogen-bond donors (Lipinski definition) is 1. The predicted molar refractivity (Wildman–Crippen MR) is 85.4 cm³/mol. The molecule has 1 heterocycles. The van der Waals surface area contributed by atoms with E-state index in [9.17, 15) is 14.7 Å². The molecule has 1 aromatic rings. The van der Waals surface area contributed by atoms with Gasteiger partial charge in [0.2, 0.25) is 0 Å². The molecule has 0 saturated carbocycles. The number of methoxy groups -OCH3 is 1. The second kappa shape index (κ2) is 6.59. The Hall–Kier alpha value is -1.06. The molecule has 1 N–H and O–H groups in total. The van der Waals surface area contributed by atoms with Crippen LogP contribution in [0.3, 0.4) is 0 Å². The molecule has 1 aromatic carbocycles. The van der Waals surface area contributed by atoms with E-state index >= 15 is 0 Å². The molecule has 2 amide bonds. The largest absolute Gasteiger partial charge is 0.507 e. The van der Waals surface area contributed by atoms with E-state index in [2.05, 4.69) is 0 Å². The van der Waals surface area contributed by atoms with Crippen molar-refractivity contribution in [2.24, 2.45) is 0 Å². The molecule has 0 radical (unpaired) electrons. The Morgan fingerprint density at radius 1 is 1.45 bits per heavy atom. The highest BCUT2D eigenvalue weighted by atomic mass is 127. The smallest absolute Gasteiger partial charge is 0.293 e. The lowest BCUT2D eigenvalue weighted by molar-refractivity contribution is -0.123. The lowest BCUT2D eigenvalue weighted by Crippen LogP contribution is -2.31. The van der Waals surface area contributed by atoms with Crippen LogP contribution in [0.1, 0.15) is 5.56 Å². The fourth-order valence-corrected chi connectivity index (χ4v) is 3.04. The Labute approximate surface area is 134 Å². The fourth-order valence-electron chi connectivity index (χ4n) is 1.64. The molecule has 106 valence electrons. The molecule has 0 bridgehead atoms. The number of nitrogens with zero attached hydrogens (tertiary/aromatic N) is 1. The molecule has 20 heavy (non-hydrogen) atoms. The first-order chi connectivity index (χ1) is 9.52. The predicted octanol–water partition coefficient (Wildman–Crippen LogP) is 2.68. The molecule has 0 unspecified atom stereocenters. The summed E-state index contributed by atoms with van der Waals surface area (Å²) in [7, 11) is 1.52. The zero-order chi connectivity index (χ0) is 14.7. The van der Waals surface area contributed by atoms with E-state index in [-0.39, 0.29) is 23.4 Å². The van der Waals surface area contributed by atoms with Crippen LogP contribution in [0.5, 0.6) is 5.75 Å². The molecule has 0 aromatic heterocycles. The summed E-state index contributed by atoms with van der Waals surface area (Å²) >= 11 is 2.92. The van der Waals surface area contributed by atoms with Crippen molar-refractivity contribution in [3.05, 3.63) is 32.2 Å². The number of thioether (sulfide) groups is 1. The van der Waals surface area contributed by atoms with E-state index in [0.29, 0.717) is 15.1 Å². The average molecular weight is 405 g/mol. The van der Waals surface area contributed by atoms with Crippen molar-refractivity contribution in [1.29, 1.82) is 0 Å². The Balaban J connectivity index is 2.20. The Morgan fingerprint density at radius 3 is 2.85 bits per heavy atom. The third-order valence-corrected chi connectivity index (χ3v) is 4.43. The molecule has 1 aliphatic heterocycles. The summed E-state index contributed by atoms with van der Waals surface area (Å²) in [6.45, 7) is 0.577. The van der Waals surface area contributed by atoms with Gasteiger partial charge in [-0.25, -0.2) is 0 Å². The minimum atomic E-state index is -0.305. The van der Waals surface area contributed by atoms with Crippen LogP contribution in [-0.2, 0) is 9.53 Å². The first-order valence-corrected chi connectivity index (χ1v) is 7.65. The molecule has 2 rings (SSSR count). The van der Waals surface area contributed by atoms with Crippen molar-refractivity contribution in [2.45, 2.75) is 0 Å². The highest BCUT2D eigenvalue weighted by molar-refractivity contribution is 14.1. The number of rotatable bonds is 4. The molecule has 7 heteroatoms. The van der Waals surface area contributed by atoms with E-state index in [0.717, 1.165) is 17.3 Å². The zero-order valence-corrected chi connectivity index (χ0v) is 13.6. The van der Waals surface area contributed by atoms with Gasteiger partial charge in [-0.15, -0.1) is 0 Å². The Kier molecular flexibility index (Phi) is 5.06. The number of hydrogen-bond acceptors (Lipinski definition) is 5. The van der Waals surface area contributed by atoms with Gasteiger partial charge in [-0.1, -0.05) is 6.07 Å². The van der Waals surface area contributed by atoms with Crippen molar-refractivity contribution in [3.63, 3.8) is 0 Å². The van der Waals surface area contributed by atoms with Crippen LogP contribution >= 0.6 is 34.4 Å². The van der Waals surface area contributed by atoms with Gasteiger partial charge in [0.15, 0.2) is 0 Å². The summed E-state index contributed by atoms with van der Waals surface area (Å²) in [5.74, 6) is -0.115. The van der Waals surface area contributed by atoms with Crippen LogP contribution in [0, 0.1) is 3.57 Å². The quantitative estimate of drug-likeness (QED) is 0.617. The van der Waals surface area contributed by atoms with Gasteiger partial charge in [0.1, 0.15) is 5.75 Å². The Morgan fingerprint density at radius 2 is 2.20 bits per heavy atom. The topological polar surface area (TPSA) is 66.8 Å². The standard InChI is InChI=1S/C13H12INO4S/c1-19-5-4-15-12(17)11(20-13(15)18)7-8-2-3-10(16)9(14)6-8/h2-3,6-7,16H,4-5H2,1H3. The van der Waals surface area contributed by atoms with Gasteiger partial charge in [-0.05, 0) is 58.1 Å². The van der Waals surface area contributed by atoms with E-state index in [4.69, 9.17) is 4.74 Å². The van der Waals surface area contributed by atoms with Gasteiger partial charge in [0.05, 0.1) is 21.6 Å². The van der Waals surface area contributed by atoms with Crippen LogP contribution in [0.2, 0.25) is 0 Å². The molecule has 1 fully saturated rings. The monoisotopic (exact) mass is 405 g/mol. The number of amides is 2. The molecular formula is C13H12INO4S. The number of phenolic OH excluding ortho intramolecular Hbond substituents is 1. The molecular weight excluding hydrogens is 393 g/mol. The fraction of sp³-hybridized carbons (Fsp3) is 0.231. The number of carbonyl (C=O) groups excluding carboxylic acids is 2. The van der Waals surface area contributed by atoms with Gasteiger partial charge >= 0.3 is 0 Å². The van der Waals surface area contributed by atoms with Crippen LogP contribution in [0.15, 0.2) is 23.1 Å². The van der Waals surface area contributed by atoms with Gasteiger partial charge in [-0.2, -0.15) is 0 Å². The molecule has 1 aliphatic rings. The van der Waals surface area contributed by atoms with Crippen molar-refractivity contribution in [2.75, 3.05) is 20.3 Å². The number of benzene rings is 1. The van der Waals surface area contributed by atoms with E-state index in [1.54, 1.807) is 24.3 Å². The minimum absolute atomic E-state index is 0.191. The van der Waals surface area contributed by atoms with Crippen LogP contribution in [0.25, 0.3) is 6.08 Å². The highest BCUT2D eigenvalue weighted by Gasteiger charge is 2.34. The highest BCUT2D eigenvalue weighted by Crippen LogP contribution is 2.32. The number of imide groups is 1. The van der Waals surface area contributed by atoms with Crippen molar-refractivity contribution in [3.8, 4) is 5.75 Å². The number of halogens is 1. The minimum Gasteiger partial charge on any atom is -0.507 e. The summed E-state index contributed by atoms with van der Waals surface area (Å²) in [6, 6.07) is 5.00. The lowest BCUT2D eigenvalue weighted by atomic mass is 10.2. The molecule has 0 spiro atoms. The Bertz CT molecular complexity index is 588. The lowest BCUT2D eigenvalue weighted by Gasteiger charge is -2.10. The second-order valence-electron chi connectivity index (χ2n) is 4.04. The van der Waals surface area contributed by atoms with Gasteiger partial charge in [-0.3, -0.25) is 14.5 Å². The molecule has 1 saturated heterocycles. The maximum absolute atomic E-state index is 12.1. The SMILES string of the molecule is COCCN1C(=O)SC(=Cc2ccc(O)c(I)c2)C1=O. The first kappa shape index (κ1) is 15.3. The average Bonchev–Trinajstić information content (AvgIpc) is 2.67. The van der Waals surface area contributed by atoms with Crippen molar-refractivity contribution >= 4 is 51.6 Å². The normalized spacial score (nSPS) is 17.3.